The van der Waals surface area contributed by atoms with Gasteiger partial charge in [-0.1, -0.05) is 60.3 Å². The fourth-order valence-corrected chi connectivity index (χ4v) is 5.41. The van der Waals surface area contributed by atoms with Crippen LogP contribution in [0.25, 0.3) is 0 Å². The van der Waals surface area contributed by atoms with Gasteiger partial charge >= 0.3 is 0 Å². The Kier molecular flexibility index (Phi) is 4.24. The van der Waals surface area contributed by atoms with Crippen molar-refractivity contribution in [3.63, 3.8) is 0 Å². The van der Waals surface area contributed by atoms with Crippen LogP contribution in [-0.4, -0.2) is 13.1 Å². The molecule has 2 heteroatoms. The maximum Gasteiger partial charge on any atom is 0.0213 e. The van der Waals surface area contributed by atoms with Crippen molar-refractivity contribution >= 4 is 15.9 Å². The third-order valence-corrected chi connectivity index (χ3v) is 6.19. The lowest BCUT2D eigenvalue weighted by Crippen LogP contribution is -2.55. The summed E-state index contributed by atoms with van der Waals surface area (Å²) in [6.45, 7) is 4.41. The zero-order valence-corrected chi connectivity index (χ0v) is 14.1. The van der Waals surface area contributed by atoms with Gasteiger partial charge in [-0.05, 0) is 49.3 Å². The number of likely N-dealkylation sites (N-methyl/N-ethyl adjacent to an activating group) is 1. The van der Waals surface area contributed by atoms with Crippen LogP contribution in [0.4, 0.5) is 0 Å². The molecule has 1 N–H and O–H groups in total. The van der Waals surface area contributed by atoms with E-state index in [1.165, 1.54) is 55.0 Å². The summed E-state index contributed by atoms with van der Waals surface area (Å²) >= 11 is 3.78. The van der Waals surface area contributed by atoms with Crippen molar-refractivity contribution in [1.29, 1.82) is 0 Å². The van der Waals surface area contributed by atoms with Crippen molar-refractivity contribution in [2.24, 2.45) is 5.41 Å². The second-order valence-corrected chi connectivity index (χ2v) is 7.81. The fourth-order valence-electron chi connectivity index (χ4n) is 4.71. The maximum atomic E-state index is 3.78. The number of hydrogen-bond donors (Lipinski definition) is 1. The lowest BCUT2D eigenvalue weighted by atomic mass is 9.46. The van der Waals surface area contributed by atoms with Gasteiger partial charge in [0.2, 0.25) is 0 Å². The Morgan fingerprint density at radius 2 is 1.80 bits per heavy atom. The molecule has 0 unspecified atom stereocenters. The predicted molar refractivity (Wildman–Crippen MR) is 89.1 cm³/mol. The minimum Gasteiger partial charge on any atom is -0.316 e. The van der Waals surface area contributed by atoms with E-state index in [0.29, 0.717) is 10.8 Å². The molecule has 0 radical (unpaired) electrons. The van der Waals surface area contributed by atoms with Gasteiger partial charge in [-0.15, -0.1) is 0 Å². The summed E-state index contributed by atoms with van der Waals surface area (Å²) in [5.41, 5.74) is 2.56. The third-order valence-electron chi connectivity index (χ3n) is 5.50. The van der Waals surface area contributed by atoms with Crippen LogP contribution in [0.3, 0.4) is 0 Å². The standard InChI is InChI=1S/C18H26BrN/c1-2-20-14-18(15-8-4-5-9-16(15)19)12-17(13-18)10-6-3-7-11-17/h4-5,8-9,20H,2-3,6-7,10-14H2,1H3. The Morgan fingerprint density at radius 3 is 2.45 bits per heavy atom. The van der Waals surface area contributed by atoms with Crippen LogP contribution in [0.2, 0.25) is 0 Å². The van der Waals surface area contributed by atoms with Crippen LogP contribution >= 0.6 is 15.9 Å². The monoisotopic (exact) mass is 335 g/mol. The van der Waals surface area contributed by atoms with Gasteiger partial charge in [0.1, 0.15) is 0 Å². The van der Waals surface area contributed by atoms with Gasteiger partial charge in [0.15, 0.2) is 0 Å². The van der Waals surface area contributed by atoms with Crippen LogP contribution in [0.5, 0.6) is 0 Å². The van der Waals surface area contributed by atoms with Crippen molar-refractivity contribution in [2.45, 2.75) is 57.3 Å². The van der Waals surface area contributed by atoms with Crippen molar-refractivity contribution in [1.82, 2.24) is 5.32 Å². The van der Waals surface area contributed by atoms with Gasteiger partial charge < -0.3 is 5.32 Å². The topological polar surface area (TPSA) is 12.0 Å². The highest BCUT2D eigenvalue weighted by atomic mass is 79.9. The number of rotatable bonds is 4. The lowest BCUT2D eigenvalue weighted by molar-refractivity contribution is -0.0129. The van der Waals surface area contributed by atoms with Gasteiger partial charge in [0.05, 0.1) is 0 Å². The summed E-state index contributed by atoms with van der Waals surface area (Å²) in [5.74, 6) is 0. The molecule has 3 rings (SSSR count). The normalized spacial score (nSPS) is 23.5. The van der Waals surface area contributed by atoms with E-state index in [1.54, 1.807) is 0 Å². The van der Waals surface area contributed by atoms with Gasteiger partial charge in [0, 0.05) is 16.4 Å². The first-order chi connectivity index (χ1) is 9.70. The molecule has 0 saturated heterocycles. The zero-order chi connectivity index (χ0) is 14.1. The molecular formula is C18H26BrN. The molecule has 1 spiro atoms. The molecule has 20 heavy (non-hydrogen) atoms. The summed E-state index contributed by atoms with van der Waals surface area (Å²) in [6, 6.07) is 8.86. The molecule has 0 aliphatic heterocycles. The summed E-state index contributed by atoms with van der Waals surface area (Å²) in [4.78, 5) is 0. The molecule has 2 fully saturated rings. The van der Waals surface area contributed by atoms with Crippen LogP contribution in [0.15, 0.2) is 28.7 Å². The summed E-state index contributed by atoms with van der Waals surface area (Å²) in [6.07, 6.45) is 10.1. The van der Waals surface area contributed by atoms with Crippen LogP contribution < -0.4 is 5.32 Å². The average molecular weight is 336 g/mol. The molecule has 1 aromatic carbocycles. The number of nitrogens with one attached hydrogen (secondary N) is 1. The lowest BCUT2D eigenvalue weighted by Gasteiger charge is -2.59. The van der Waals surface area contributed by atoms with E-state index in [2.05, 4.69) is 52.4 Å². The quantitative estimate of drug-likeness (QED) is 0.812. The number of benzene rings is 1. The van der Waals surface area contributed by atoms with Gasteiger partial charge in [-0.25, -0.2) is 0 Å². The highest BCUT2D eigenvalue weighted by molar-refractivity contribution is 9.10. The first-order valence-corrected chi connectivity index (χ1v) is 8.95. The molecule has 1 aromatic rings. The van der Waals surface area contributed by atoms with Crippen molar-refractivity contribution < 1.29 is 0 Å². The highest BCUT2D eigenvalue weighted by Crippen LogP contribution is 2.62. The number of halogens is 1. The van der Waals surface area contributed by atoms with Crippen molar-refractivity contribution in [3.05, 3.63) is 34.3 Å². The van der Waals surface area contributed by atoms with Crippen molar-refractivity contribution in [3.8, 4) is 0 Å². The van der Waals surface area contributed by atoms with E-state index < -0.39 is 0 Å². The molecule has 0 bridgehead atoms. The van der Waals surface area contributed by atoms with E-state index in [-0.39, 0.29) is 0 Å². The largest absolute Gasteiger partial charge is 0.316 e. The van der Waals surface area contributed by atoms with Gasteiger partial charge in [-0.2, -0.15) is 0 Å². The first kappa shape index (κ1) is 14.6. The van der Waals surface area contributed by atoms with Crippen LogP contribution in [-0.2, 0) is 5.41 Å². The average Bonchev–Trinajstić information content (AvgIpc) is 2.44. The summed E-state index contributed by atoms with van der Waals surface area (Å²) < 4.78 is 1.29. The van der Waals surface area contributed by atoms with Crippen molar-refractivity contribution in [2.75, 3.05) is 13.1 Å². The molecule has 2 aliphatic carbocycles. The van der Waals surface area contributed by atoms with E-state index >= 15 is 0 Å². The third kappa shape index (κ3) is 2.57. The van der Waals surface area contributed by atoms with E-state index in [1.807, 2.05) is 0 Å². The molecule has 0 heterocycles. The molecule has 1 nitrogen and oxygen atoms in total. The highest BCUT2D eigenvalue weighted by Gasteiger charge is 2.55. The van der Waals surface area contributed by atoms with Gasteiger partial charge in [-0.3, -0.25) is 0 Å². The molecule has 2 aliphatic rings. The predicted octanol–water partition coefficient (Wildman–Crippen LogP) is 5.04. The molecular weight excluding hydrogens is 310 g/mol. The van der Waals surface area contributed by atoms with E-state index in [4.69, 9.17) is 0 Å². The Balaban J connectivity index is 1.83. The molecule has 0 aromatic heterocycles. The van der Waals surface area contributed by atoms with Crippen LogP contribution in [0, 0.1) is 5.41 Å². The fraction of sp³-hybridized carbons (Fsp3) is 0.667. The number of hydrogen-bond acceptors (Lipinski definition) is 1. The maximum absolute atomic E-state index is 3.78. The van der Waals surface area contributed by atoms with E-state index in [9.17, 15) is 0 Å². The minimum absolute atomic E-state index is 0.368. The van der Waals surface area contributed by atoms with Gasteiger partial charge in [0.25, 0.3) is 0 Å². The van der Waals surface area contributed by atoms with Crippen LogP contribution in [0.1, 0.15) is 57.4 Å². The smallest absolute Gasteiger partial charge is 0.0213 e. The Hall–Kier alpha value is -0.340. The molecule has 0 amide bonds. The Bertz CT molecular complexity index is 454. The second-order valence-electron chi connectivity index (χ2n) is 6.95. The first-order valence-electron chi connectivity index (χ1n) is 8.16. The van der Waals surface area contributed by atoms with E-state index in [0.717, 1.165) is 13.1 Å². The molecule has 2 saturated carbocycles. The summed E-state index contributed by atoms with van der Waals surface area (Å²) in [7, 11) is 0. The molecule has 110 valence electrons. The Morgan fingerprint density at radius 1 is 1.10 bits per heavy atom. The zero-order valence-electron chi connectivity index (χ0n) is 12.6. The Labute approximate surface area is 131 Å². The second kappa shape index (κ2) is 5.81. The summed E-state index contributed by atoms with van der Waals surface area (Å²) in [5, 5.41) is 3.62. The molecule has 0 atom stereocenters. The minimum atomic E-state index is 0.368. The SMILES string of the molecule is CCNCC1(c2ccccc2Br)CC2(CCCCC2)C1.